The summed E-state index contributed by atoms with van der Waals surface area (Å²) in [6.07, 6.45) is 0.0712. The molecule has 0 bridgehead atoms. The Labute approximate surface area is 132 Å². The summed E-state index contributed by atoms with van der Waals surface area (Å²) in [5.41, 5.74) is 0.728. The van der Waals surface area contributed by atoms with Crippen LogP contribution in [0.1, 0.15) is 25.1 Å². The molecular weight excluding hydrogens is 300 g/mol. The molecule has 1 aliphatic heterocycles. The molecule has 7 heteroatoms. The van der Waals surface area contributed by atoms with Gasteiger partial charge in [-0.15, -0.1) is 0 Å². The number of fused-ring (bicyclic) bond motifs is 3. The molecule has 1 atom stereocenters. The van der Waals surface area contributed by atoms with E-state index in [9.17, 15) is 9.59 Å². The maximum Gasteiger partial charge on any atom is 0.257 e. The van der Waals surface area contributed by atoms with Crippen LogP contribution in [-0.2, 0) is 4.79 Å². The Balaban J connectivity index is 1.97. The van der Waals surface area contributed by atoms with Gasteiger partial charge in [0, 0.05) is 11.4 Å². The maximum atomic E-state index is 12.5. The number of benzene rings is 1. The van der Waals surface area contributed by atoms with Crippen molar-refractivity contribution in [2.24, 2.45) is 0 Å². The van der Waals surface area contributed by atoms with Gasteiger partial charge in [0.25, 0.3) is 5.91 Å². The van der Waals surface area contributed by atoms with E-state index in [-0.39, 0.29) is 29.0 Å². The lowest BCUT2D eigenvalue weighted by Gasteiger charge is -2.11. The number of hydrogen-bond acceptors (Lipinski definition) is 5. The third-order valence-corrected chi connectivity index (χ3v) is 3.73. The molecule has 0 saturated carbocycles. The minimum Gasteiger partial charge on any atom is -0.358 e. The van der Waals surface area contributed by atoms with Crippen LogP contribution >= 0.6 is 12.2 Å². The second-order valence-corrected chi connectivity index (χ2v) is 5.92. The van der Waals surface area contributed by atoms with Crippen LogP contribution < -0.4 is 10.6 Å². The van der Waals surface area contributed by atoms with E-state index >= 15 is 0 Å². The fourth-order valence-electron chi connectivity index (χ4n) is 2.57. The van der Waals surface area contributed by atoms with E-state index in [1.54, 1.807) is 0 Å². The molecule has 1 aromatic heterocycles. The summed E-state index contributed by atoms with van der Waals surface area (Å²) in [4.78, 5) is 28.7. The van der Waals surface area contributed by atoms with Gasteiger partial charge < -0.3 is 10.6 Å². The molecule has 0 spiro atoms. The summed E-state index contributed by atoms with van der Waals surface area (Å²) in [5, 5.41) is 6.72. The molecule has 2 heterocycles. The van der Waals surface area contributed by atoms with Crippen LogP contribution in [-0.4, -0.2) is 33.4 Å². The number of amides is 1. The number of para-hydroxylation sites is 1. The molecular formula is C15H16N4O2S. The molecule has 1 aliphatic rings. The van der Waals surface area contributed by atoms with Gasteiger partial charge >= 0.3 is 0 Å². The number of anilines is 1. The highest BCUT2D eigenvalue weighted by Gasteiger charge is 2.33. The van der Waals surface area contributed by atoms with E-state index in [2.05, 4.69) is 15.6 Å². The molecule has 0 aliphatic carbocycles. The molecule has 1 aromatic carbocycles. The van der Waals surface area contributed by atoms with Crippen LogP contribution in [0.5, 0.6) is 0 Å². The summed E-state index contributed by atoms with van der Waals surface area (Å²) < 4.78 is 1.59. The lowest BCUT2D eigenvalue weighted by atomic mass is 10.2. The number of rotatable bonds is 3. The zero-order chi connectivity index (χ0) is 15.9. The van der Waals surface area contributed by atoms with E-state index in [4.69, 9.17) is 12.2 Å². The zero-order valence-electron chi connectivity index (χ0n) is 12.3. The SMILES string of the molecule is CC(C)NC(=O)C[C@@H]1Nc2c3ccccc3nc(=S)n2C1=O. The van der Waals surface area contributed by atoms with Crippen LogP contribution in [0.2, 0.25) is 0 Å². The summed E-state index contributed by atoms with van der Waals surface area (Å²) in [7, 11) is 0. The number of nitrogens with zero attached hydrogens (tertiary/aromatic N) is 2. The van der Waals surface area contributed by atoms with Crippen LogP contribution in [0.3, 0.4) is 0 Å². The van der Waals surface area contributed by atoms with Crippen molar-refractivity contribution in [2.75, 3.05) is 5.32 Å². The molecule has 0 fully saturated rings. The lowest BCUT2D eigenvalue weighted by molar-refractivity contribution is -0.121. The highest BCUT2D eigenvalue weighted by Crippen LogP contribution is 2.28. The van der Waals surface area contributed by atoms with Crippen LogP contribution in [0.15, 0.2) is 24.3 Å². The van der Waals surface area contributed by atoms with Gasteiger partial charge in [0.1, 0.15) is 11.9 Å². The minimum absolute atomic E-state index is 0.0380. The van der Waals surface area contributed by atoms with E-state index in [0.717, 1.165) is 10.9 Å². The van der Waals surface area contributed by atoms with Gasteiger partial charge in [-0.1, -0.05) is 12.1 Å². The number of carbonyl (C=O) groups excluding carboxylic acids is 2. The van der Waals surface area contributed by atoms with E-state index in [1.165, 1.54) is 4.57 Å². The monoisotopic (exact) mass is 316 g/mol. The van der Waals surface area contributed by atoms with Crippen LogP contribution in [0.4, 0.5) is 5.82 Å². The molecule has 0 unspecified atom stereocenters. The van der Waals surface area contributed by atoms with Gasteiger partial charge in [-0.25, -0.2) is 9.55 Å². The van der Waals surface area contributed by atoms with Crippen molar-refractivity contribution in [3.8, 4) is 0 Å². The predicted molar refractivity (Wildman–Crippen MR) is 86.5 cm³/mol. The molecule has 0 radical (unpaired) electrons. The predicted octanol–water partition coefficient (Wildman–Crippen LogP) is 2.11. The minimum atomic E-state index is -0.618. The Morgan fingerprint density at radius 3 is 2.91 bits per heavy atom. The van der Waals surface area contributed by atoms with Crippen molar-refractivity contribution < 1.29 is 9.59 Å². The highest BCUT2D eigenvalue weighted by molar-refractivity contribution is 7.71. The van der Waals surface area contributed by atoms with Crippen molar-refractivity contribution in [3.05, 3.63) is 29.0 Å². The Bertz CT molecular complexity index is 828. The maximum absolute atomic E-state index is 12.5. The quantitative estimate of drug-likeness (QED) is 0.848. The zero-order valence-corrected chi connectivity index (χ0v) is 13.1. The van der Waals surface area contributed by atoms with Gasteiger partial charge in [-0.2, -0.15) is 0 Å². The van der Waals surface area contributed by atoms with Gasteiger partial charge in [0.2, 0.25) is 10.7 Å². The third-order valence-electron chi connectivity index (χ3n) is 3.46. The third kappa shape index (κ3) is 2.48. The Hall–Kier alpha value is -2.28. The first-order chi connectivity index (χ1) is 10.5. The highest BCUT2D eigenvalue weighted by atomic mass is 32.1. The Morgan fingerprint density at radius 1 is 1.45 bits per heavy atom. The van der Waals surface area contributed by atoms with Gasteiger partial charge in [0.05, 0.1) is 11.9 Å². The normalized spacial score (nSPS) is 16.7. The summed E-state index contributed by atoms with van der Waals surface area (Å²) in [5.74, 6) is 0.206. The van der Waals surface area contributed by atoms with Crippen molar-refractivity contribution in [3.63, 3.8) is 0 Å². The van der Waals surface area contributed by atoms with Crippen molar-refractivity contribution in [1.82, 2.24) is 14.9 Å². The molecule has 0 saturated heterocycles. The van der Waals surface area contributed by atoms with Crippen molar-refractivity contribution >= 4 is 40.8 Å². The summed E-state index contributed by atoms with van der Waals surface area (Å²) >= 11 is 5.21. The van der Waals surface area contributed by atoms with Crippen LogP contribution in [0.25, 0.3) is 10.9 Å². The van der Waals surface area contributed by atoms with E-state index < -0.39 is 6.04 Å². The fourth-order valence-corrected chi connectivity index (χ4v) is 2.85. The van der Waals surface area contributed by atoms with Crippen LogP contribution in [0, 0.1) is 4.77 Å². The molecule has 3 rings (SSSR count). The Kier molecular flexibility index (Phi) is 3.66. The largest absolute Gasteiger partial charge is 0.358 e. The molecule has 1 amide bonds. The number of carbonyl (C=O) groups is 2. The van der Waals surface area contributed by atoms with Gasteiger partial charge in [0.15, 0.2) is 0 Å². The van der Waals surface area contributed by atoms with Gasteiger partial charge in [-0.3, -0.25) is 9.59 Å². The number of hydrogen-bond donors (Lipinski definition) is 2. The van der Waals surface area contributed by atoms with Crippen molar-refractivity contribution in [1.29, 1.82) is 0 Å². The first kappa shape index (κ1) is 14.6. The number of nitrogens with one attached hydrogen (secondary N) is 2. The number of aromatic nitrogens is 2. The van der Waals surface area contributed by atoms with Gasteiger partial charge in [-0.05, 0) is 38.2 Å². The van der Waals surface area contributed by atoms with Crippen molar-refractivity contribution in [2.45, 2.75) is 32.4 Å². The standard InChI is InChI=1S/C15H16N4O2S/c1-8(2)16-12(20)7-11-14(21)19-13(17-11)9-5-3-4-6-10(9)18-15(19)22/h3-6,8,11,17H,7H2,1-2H3,(H,16,20)/t11-/m0/s1. The molecule has 114 valence electrons. The van der Waals surface area contributed by atoms with E-state index in [1.807, 2.05) is 38.1 Å². The average molecular weight is 316 g/mol. The second kappa shape index (κ2) is 5.49. The first-order valence-corrected chi connectivity index (χ1v) is 7.50. The average Bonchev–Trinajstić information content (AvgIpc) is 2.76. The lowest BCUT2D eigenvalue weighted by Crippen LogP contribution is -2.36. The second-order valence-electron chi connectivity index (χ2n) is 5.56. The smallest absolute Gasteiger partial charge is 0.257 e. The molecule has 2 N–H and O–H groups in total. The molecule has 6 nitrogen and oxygen atoms in total. The first-order valence-electron chi connectivity index (χ1n) is 7.09. The molecule has 2 aromatic rings. The van der Waals surface area contributed by atoms with E-state index in [0.29, 0.717) is 5.82 Å². The summed E-state index contributed by atoms with van der Waals surface area (Å²) in [6, 6.07) is 6.88. The Morgan fingerprint density at radius 2 is 2.18 bits per heavy atom. The fraction of sp³-hybridized carbons (Fsp3) is 0.333. The topological polar surface area (TPSA) is 76.0 Å². The summed E-state index contributed by atoms with van der Waals surface area (Å²) in [6.45, 7) is 3.76. The molecule has 22 heavy (non-hydrogen) atoms.